The van der Waals surface area contributed by atoms with Crippen molar-refractivity contribution in [3.05, 3.63) is 51.3 Å². The first-order valence-electron chi connectivity index (χ1n) is 14.2. The Hall–Kier alpha value is -4.22. The van der Waals surface area contributed by atoms with Gasteiger partial charge >= 0.3 is 23.9 Å². The molecule has 3 aliphatic heterocycles. The number of thioether (sulfide) groups is 3. The molecule has 0 bridgehead atoms. The number of carbonyl (C=O) groups excluding carboxylic acids is 5. The third kappa shape index (κ3) is 5.27. The zero-order valence-electron chi connectivity index (χ0n) is 26.8. The van der Waals surface area contributed by atoms with Crippen molar-refractivity contribution in [1.29, 1.82) is 0 Å². The molecule has 14 nitrogen and oxygen atoms in total. The number of fused-ring (bicyclic) bond motifs is 3. The average Bonchev–Trinajstić information content (AvgIpc) is 3.62. The molecule has 3 aliphatic rings. The molecule has 1 aromatic carbocycles. The first-order chi connectivity index (χ1) is 22.7. The number of hydrogen-bond acceptors (Lipinski definition) is 15. The lowest BCUT2D eigenvalue weighted by Crippen LogP contribution is -2.54. The maximum atomic E-state index is 14.3. The van der Waals surface area contributed by atoms with Gasteiger partial charge in [-0.2, -0.15) is 0 Å². The summed E-state index contributed by atoms with van der Waals surface area (Å²) < 4.78 is 25.6. The van der Waals surface area contributed by atoms with Gasteiger partial charge in [0.05, 0.1) is 52.3 Å². The molecule has 2 atom stereocenters. The van der Waals surface area contributed by atoms with E-state index >= 15 is 0 Å². The first kappa shape index (κ1) is 35.1. The van der Waals surface area contributed by atoms with Crippen molar-refractivity contribution in [2.24, 2.45) is 0 Å². The van der Waals surface area contributed by atoms with Gasteiger partial charge in [0.2, 0.25) is 5.91 Å². The van der Waals surface area contributed by atoms with E-state index in [9.17, 15) is 34.2 Å². The molecule has 5 rings (SSSR count). The van der Waals surface area contributed by atoms with Crippen molar-refractivity contribution in [3.63, 3.8) is 0 Å². The van der Waals surface area contributed by atoms with E-state index < -0.39 is 56.4 Å². The van der Waals surface area contributed by atoms with Crippen molar-refractivity contribution >= 4 is 76.3 Å². The van der Waals surface area contributed by atoms with E-state index in [2.05, 4.69) is 0 Å². The Morgan fingerprint density at radius 1 is 0.812 bits per heavy atom. The smallest absolute Gasteiger partial charge is 0.345 e. The van der Waals surface area contributed by atoms with Crippen LogP contribution >= 0.6 is 35.3 Å². The number of para-hydroxylation sites is 1. The fraction of sp³-hybridized carbons (Fsp3) is 0.387. The Bertz CT molecular complexity index is 1750. The highest BCUT2D eigenvalue weighted by atomic mass is 32.2. The van der Waals surface area contributed by atoms with Gasteiger partial charge in [0.15, 0.2) is 11.8 Å². The predicted molar refractivity (Wildman–Crippen MR) is 177 cm³/mol. The number of aromatic nitrogens is 1. The topological polar surface area (TPSA) is 180 Å². The summed E-state index contributed by atoms with van der Waals surface area (Å²) in [5.41, 5.74) is -0.461. The summed E-state index contributed by atoms with van der Waals surface area (Å²) in [5, 5.41) is 18.3. The Kier molecular flexibility index (Phi) is 9.51. The molecule has 48 heavy (non-hydrogen) atoms. The van der Waals surface area contributed by atoms with Gasteiger partial charge in [0.1, 0.15) is 31.8 Å². The highest BCUT2D eigenvalue weighted by Crippen LogP contribution is 2.71. The normalized spacial score (nSPS) is 22.5. The van der Waals surface area contributed by atoms with Gasteiger partial charge in [-0.15, -0.1) is 23.5 Å². The molecule has 1 spiro atoms. The van der Waals surface area contributed by atoms with Crippen molar-refractivity contribution in [2.75, 3.05) is 40.4 Å². The van der Waals surface area contributed by atoms with Crippen LogP contribution in [-0.4, -0.2) is 100 Å². The van der Waals surface area contributed by atoms with E-state index in [1.165, 1.54) is 38.4 Å². The number of aromatic hydroxyl groups is 2. The van der Waals surface area contributed by atoms with E-state index in [-0.39, 0.29) is 33.7 Å². The maximum Gasteiger partial charge on any atom is 0.345 e. The molecule has 2 N–H and O–H groups in total. The SMILES string of the molecule is COC(=O)C1=C(C(=O)OC)C2(SC(C(=O)OC)C(C(=O)OC)S2)C2=C(S1)C(C)(C)N(C(=O)Cn1c(O)ccc1O)c1c(OC)cccc12. The summed E-state index contributed by atoms with van der Waals surface area (Å²) in [6.45, 7) is 2.93. The maximum absolute atomic E-state index is 14.3. The van der Waals surface area contributed by atoms with Crippen LogP contribution in [0.15, 0.2) is 45.7 Å². The van der Waals surface area contributed by atoms with Crippen LogP contribution in [-0.2, 0) is 49.5 Å². The van der Waals surface area contributed by atoms with Gasteiger partial charge in [-0.1, -0.05) is 23.9 Å². The highest BCUT2D eigenvalue weighted by molar-refractivity contribution is 8.24. The largest absolute Gasteiger partial charge is 0.495 e. The van der Waals surface area contributed by atoms with Gasteiger partial charge in [-0.25, -0.2) is 9.59 Å². The minimum Gasteiger partial charge on any atom is -0.495 e. The first-order valence-corrected chi connectivity index (χ1v) is 16.7. The molecule has 1 fully saturated rings. The summed E-state index contributed by atoms with van der Waals surface area (Å²) in [4.78, 5) is 69.8. The van der Waals surface area contributed by atoms with Crippen LogP contribution in [0.3, 0.4) is 0 Å². The van der Waals surface area contributed by atoms with Gasteiger partial charge in [-0.05, 0) is 19.9 Å². The Balaban J connectivity index is 1.87. The number of amides is 1. The molecule has 1 amide bonds. The second kappa shape index (κ2) is 13.0. The Morgan fingerprint density at radius 3 is 1.88 bits per heavy atom. The molecule has 2 unspecified atom stereocenters. The van der Waals surface area contributed by atoms with Crippen LogP contribution in [0.2, 0.25) is 0 Å². The average molecular weight is 721 g/mol. The van der Waals surface area contributed by atoms with E-state index in [0.29, 0.717) is 16.0 Å². The second-order valence-electron chi connectivity index (χ2n) is 11.0. The number of rotatable bonds is 7. The molecule has 2 aromatic rings. The van der Waals surface area contributed by atoms with Crippen molar-refractivity contribution in [3.8, 4) is 17.5 Å². The number of hydrogen-bond donors (Lipinski definition) is 2. The molecule has 17 heteroatoms. The number of ether oxygens (including phenoxy) is 5. The Labute approximate surface area is 287 Å². The minimum absolute atomic E-state index is 0.176. The summed E-state index contributed by atoms with van der Waals surface area (Å²) >= 11 is 2.73. The summed E-state index contributed by atoms with van der Waals surface area (Å²) in [7, 11) is 6.03. The van der Waals surface area contributed by atoms with E-state index in [1.54, 1.807) is 32.0 Å². The number of carbonyl (C=O) groups is 5. The van der Waals surface area contributed by atoms with Crippen LogP contribution in [0, 0.1) is 0 Å². The number of methoxy groups -OCH3 is 5. The van der Waals surface area contributed by atoms with E-state index in [4.69, 9.17) is 23.7 Å². The molecule has 256 valence electrons. The molecule has 0 saturated carbocycles. The molecule has 0 aliphatic carbocycles. The lowest BCUT2D eigenvalue weighted by molar-refractivity contribution is -0.145. The molecular formula is C31H32N2O12S3. The van der Waals surface area contributed by atoms with Crippen molar-refractivity contribution in [1.82, 2.24) is 4.57 Å². The molecule has 1 saturated heterocycles. The lowest BCUT2D eigenvalue weighted by Gasteiger charge is -2.51. The van der Waals surface area contributed by atoms with Crippen LogP contribution in [0.25, 0.3) is 5.57 Å². The molecule has 4 heterocycles. The highest BCUT2D eigenvalue weighted by Gasteiger charge is 2.65. The monoisotopic (exact) mass is 720 g/mol. The minimum atomic E-state index is -1.70. The molecule has 0 radical (unpaired) electrons. The van der Waals surface area contributed by atoms with Crippen molar-refractivity contribution < 1.29 is 57.9 Å². The lowest BCUT2D eigenvalue weighted by atomic mass is 9.83. The van der Waals surface area contributed by atoms with E-state index in [1.807, 2.05) is 0 Å². The van der Waals surface area contributed by atoms with Gasteiger partial charge < -0.3 is 33.9 Å². The predicted octanol–water partition coefficient (Wildman–Crippen LogP) is 3.05. The van der Waals surface area contributed by atoms with Gasteiger partial charge in [0, 0.05) is 28.2 Å². The third-order valence-corrected chi connectivity index (χ3v) is 13.3. The number of nitrogens with zero attached hydrogens (tertiary/aromatic N) is 2. The fourth-order valence-electron chi connectivity index (χ4n) is 6.00. The Morgan fingerprint density at radius 2 is 1.38 bits per heavy atom. The zero-order valence-corrected chi connectivity index (χ0v) is 29.3. The fourth-order valence-corrected chi connectivity index (χ4v) is 11.7. The zero-order chi connectivity index (χ0) is 35.3. The van der Waals surface area contributed by atoms with E-state index in [0.717, 1.165) is 54.1 Å². The number of esters is 4. The molecular weight excluding hydrogens is 689 g/mol. The summed E-state index contributed by atoms with van der Waals surface area (Å²) in [6, 6.07) is 7.47. The number of anilines is 1. The van der Waals surface area contributed by atoms with Gasteiger partial charge in [0.25, 0.3) is 0 Å². The van der Waals surface area contributed by atoms with Crippen LogP contribution in [0.1, 0.15) is 19.4 Å². The van der Waals surface area contributed by atoms with Crippen molar-refractivity contribution in [2.45, 2.75) is 40.5 Å². The standard InChI is InChI=1S/C31H32N2O12S3/c1-30(2)25-19(14-9-8-10-15(41-3)21(14)33(30)18(36)13-32-16(34)11-12-17(32)35)31(20(26(37)42-4)22(46-25)27(38)43-5)47-23(28(39)44-6)24(48-31)29(40)45-7/h8-12,23-24,34-35H,13H2,1-7H3. The van der Waals surface area contributed by atoms with Gasteiger partial charge in [-0.3, -0.25) is 23.9 Å². The number of benzene rings is 1. The van der Waals surface area contributed by atoms with Crippen LogP contribution in [0.4, 0.5) is 5.69 Å². The second-order valence-corrected chi connectivity index (χ2v) is 15.0. The summed E-state index contributed by atoms with van der Waals surface area (Å²) in [5.74, 6) is -4.36. The molecule has 1 aromatic heterocycles. The third-order valence-electron chi connectivity index (χ3n) is 8.11. The van der Waals surface area contributed by atoms with Crippen LogP contribution < -0.4 is 9.64 Å². The quantitative estimate of drug-likeness (QED) is 0.315. The summed E-state index contributed by atoms with van der Waals surface area (Å²) in [6.07, 6.45) is 0. The van der Waals surface area contributed by atoms with Crippen LogP contribution in [0.5, 0.6) is 17.5 Å².